The average Bonchev–Trinajstić information content (AvgIpc) is 2.54. The summed E-state index contributed by atoms with van der Waals surface area (Å²) in [4.78, 5) is 11.6. The van der Waals surface area contributed by atoms with E-state index in [1.165, 1.54) is 0 Å². The molecule has 3 saturated carbocycles. The third-order valence-electron chi connectivity index (χ3n) is 5.44. The summed E-state index contributed by atoms with van der Waals surface area (Å²) in [7, 11) is -5.86. The number of fused-ring (bicyclic) bond motifs is 2. The number of carbonyl (C=O) groups excluding carboxylic acids is 1. The zero-order chi connectivity index (χ0) is 16.3. The van der Waals surface area contributed by atoms with Crippen LogP contribution in [0, 0.1) is 17.8 Å². The molecule has 2 N–H and O–H groups in total. The Morgan fingerprint density at radius 2 is 1.91 bits per heavy atom. The van der Waals surface area contributed by atoms with E-state index in [0.29, 0.717) is 19.3 Å². The fourth-order valence-electron chi connectivity index (χ4n) is 4.58. The number of esters is 1. The Morgan fingerprint density at radius 3 is 2.55 bits per heavy atom. The zero-order valence-electron chi connectivity index (χ0n) is 11.7. The number of hydrogen-bond donors (Lipinski definition) is 2. The standard InChI is InChI=1S/C13H18F2O6S/c14-13(15,22(18,19)20)11(17)21-12-3-1-2-9-7(5-12)4-8(6-12)10(9)16/h7-10,16H,1-6H2,(H,18,19,20). The molecule has 0 aromatic heterocycles. The quantitative estimate of drug-likeness (QED) is 0.594. The van der Waals surface area contributed by atoms with E-state index in [1.54, 1.807) is 0 Å². The van der Waals surface area contributed by atoms with Gasteiger partial charge in [-0.1, -0.05) is 0 Å². The van der Waals surface area contributed by atoms with E-state index in [0.717, 1.165) is 12.8 Å². The Balaban J connectivity index is 1.84. The molecule has 0 radical (unpaired) electrons. The van der Waals surface area contributed by atoms with E-state index in [4.69, 9.17) is 9.29 Å². The topological polar surface area (TPSA) is 101 Å². The molecule has 0 aliphatic heterocycles. The molecule has 0 heterocycles. The molecule has 3 bridgehead atoms. The van der Waals surface area contributed by atoms with Gasteiger partial charge in [-0.05, 0) is 56.3 Å². The van der Waals surface area contributed by atoms with Crippen molar-refractivity contribution in [1.82, 2.24) is 0 Å². The minimum absolute atomic E-state index is 0.0927. The number of hydrogen-bond acceptors (Lipinski definition) is 5. The van der Waals surface area contributed by atoms with Crippen LogP contribution in [0.15, 0.2) is 0 Å². The van der Waals surface area contributed by atoms with Crippen molar-refractivity contribution in [3.63, 3.8) is 0 Å². The molecule has 5 unspecified atom stereocenters. The maximum Gasteiger partial charge on any atom is 0.465 e. The highest BCUT2D eigenvalue weighted by molar-refractivity contribution is 7.87. The summed E-state index contributed by atoms with van der Waals surface area (Å²) >= 11 is 0. The van der Waals surface area contributed by atoms with Gasteiger partial charge in [-0.15, -0.1) is 0 Å². The summed E-state index contributed by atoms with van der Waals surface area (Å²) < 4.78 is 61.6. The first-order valence-electron chi connectivity index (χ1n) is 7.32. The summed E-state index contributed by atoms with van der Waals surface area (Å²) in [6, 6.07) is 0. The summed E-state index contributed by atoms with van der Waals surface area (Å²) in [5.74, 6) is -2.15. The fraction of sp³-hybridized carbons (Fsp3) is 0.923. The minimum Gasteiger partial charge on any atom is -0.454 e. The Labute approximate surface area is 126 Å². The Hall–Kier alpha value is -0.800. The van der Waals surface area contributed by atoms with Crippen LogP contribution in [-0.4, -0.2) is 41.0 Å². The van der Waals surface area contributed by atoms with Gasteiger partial charge in [0.1, 0.15) is 5.60 Å². The number of ether oxygens (including phenoxy) is 1. The van der Waals surface area contributed by atoms with Crippen LogP contribution >= 0.6 is 0 Å². The van der Waals surface area contributed by atoms with Crippen molar-refractivity contribution in [3.8, 4) is 0 Å². The van der Waals surface area contributed by atoms with E-state index >= 15 is 0 Å². The molecule has 5 atom stereocenters. The van der Waals surface area contributed by atoms with Gasteiger partial charge >= 0.3 is 21.3 Å². The van der Waals surface area contributed by atoms with Crippen LogP contribution in [0.5, 0.6) is 0 Å². The van der Waals surface area contributed by atoms with Crippen molar-refractivity contribution in [2.24, 2.45) is 17.8 Å². The molecule has 9 heteroatoms. The van der Waals surface area contributed by atoms with Crippen LogP contribution in [0.2, 0.25) is 0 Å². The van der Waals surface area contributed by atoms with E-state index in [1.807, 2.05) is 0 Å². The molecule has 0 amide bonds. The lowest BCUT2D eigenvalue weighted by molar-refractivity contribution is -0.185. The third kappa shape index (κ3) is 2.33. The average molecular weight is 340 g/mol. The highest BCUT2D eigenvalue weighted by Crippen LogP contribution is 2.56. The van der Waals surface area contributed by atoms with E-state index < -0.39 is 33.0 Å². The molecule has 0 aromatic rings. The third-order valence-corrected chi connectivity index (χ3v) is 6.26. The van der Waals surface area contributed by atoms with Crippen LogP contribution in [0.3, 0.4) is 0 Å². The van der Waals surface area contributed by atoms with Crippen LogP contribution in [0.25, 0.3) is 0 Å². The van der Waals surface area contributed by atoms with Crippen molar-refractivity contribution in [1.29, 1.82) is 0 Å². The first kappa shape index (κ1) is 16.1. The van der Waals surface area contributed by atoms with Gasteiger partial charge in [0.2, 0.25) is 0 Å². The molecule has 22 heavy (non-hydrogen) atoms. The number of aliphatic hydroxyl groups excluding tert-OH is 1. The number of rotatable bonds is 3. The second-order valence-corrected chi connectivity index (χ2v) is 8.24. The largest absolute Gasteiger partial charge is 0.465 e. The van der Waals surface area contributed by atoms with Crippen LogP contribution in [0.4, 0.5) is 8.78 Å². The monoisotopic (exact) mass is 340 g/mol. The highest BCUT2D eigenvalue weighted by atomic mass is 32.2. The minimum atomic E-state index is -5.86. The fourth-order valence-corrected chi connectivity index (χ4v) is 4.83. The number of halogens is 2. The van der Waals surface area contributed by atoms with Gasteiger partial charge < -0.3 is 9.84 Å². The molecular formula is C13H18F2O6S. The van der Waals surface area contributed by atoms with E-state index in [9.17, 15) is 27.1 Å². The van der Waals surface area contributed by atoms with Crippen molar-refractivity contribution < 1.29 is 36.4 Å². The molecule has 3 fully saturated rings. The maximum absolute atomic E-state index is 13.4. The number of carbonyl (C=O) groups is 1. The molecule has 3 aliphatic carbocycles. The first-order valence-corrected chi connectivity index (χ1v) is 8.76. The van der Waals surface area contributed by atoms with E-state index in [2.05, 4.69) is 0 Å². The predicted molar refractivity (Wildman–Crippen MR) is 69.5 cm³/mol. The second-order valence-electron chi connectivity index (χ2n) is 6.78. The first-order chi connectivity index (χ1) is 10.1. The van der Waals surface area contributed by atoms with Gasteiger partial charge in [0.15, 0.2) is 0 Å². The van der Waals surface area contributed by atoms with Crippen molar-refractivity contribution >= 4 is 16.1 Å². The van der Waals surface area contributed by atoms with Gasteiger partial charge in [-0.25, -0.2) is 4.79 Å². The molecule has 0 saturated heterocycles. The van der Waals surface area contributed by atoms with E-state index in [-0.39, 0.29) is 24.2 Å². The van der Waals surface area contributed by atoms with Gasteiger partial charge in [0.25, 0.3) is 0 Å². The molecular weight excluding hydrogens is 322 g/mol. The Bertz CT molecular complexity index is 587. The summed E-state index contributed by atoms with van der Waals surface area (Å²) in [6.45, 7) is 0. The lowest BCUT2D eigenvalue weighted by Gasteiger charge is -2.40. The van der Waals surface area contributed by atoms with Crippen LogP contribution in [-0.2, 0) is 19.6 Å². The Kier molecular flexibility index (Phi) is 3.54. The molecule has 3 rings (SSSR count). The van der Waals surface area contributed by atoms with Gasteiger partial charge in [-0.3, -0.25) is 4.55 Å². The van der Waals surface area contributed by atoms with Gasteiger partial charge in [0.05, 0.1) is 6.10 Å². The van der Waals surface area contributed by atoms with Crippen molar-refractivity contribution in [2.45, 2.75) is 55.5 Å². The van der Waals surface area contributed by atoms with Gasteiger partial charge in [-0.2, -0.15) is 17.2 Å². The molecule has 3 aliphatic rings. The zero-order valence-corrected chi connectivity index (χ0v) is 12.6. The molecule has 0 aromatic carbocycles. The maximum atomic E-state index is 13.4. The molecule has 6 nitrogen and oxygen atoms in total. The lowest BCUT2D eigenvalue weighted by atomic mass is 9.75. The van der Waals surface area contributed by atoms with Gasteiger partial charge in [0, 0.05) is 0 Å². The summed E-state index contributed by atoms with van der Waals surface area (Å²) in [5, 5.41) is 5.25. The predicted octanol–water partition coefficient (Wildman–Crippen LogP) is 1.34. The second kappa shape index (κ2) is 4.85. The number of aliphatic hydroxyl groups is 1. The SMILES string of the molecule is O=C(OC12CCCC3C(CC(C1)C3O)C2)C(F)(F)S(=O)(=O)O. The smallest absolute Gasteiger partial charge is 0.454 e. The van der Waals surface area contributed by atoms with Crippen molar-refractivity contribution in [2.75, 3.05) is 0 Å². The van der Waals surface area contributed by atoms with Crippen LogP contribution in [0.1, 0.15) is 38.5 Å². The summed E-state index contributed by atoms with van der Waals surface area (Å²) in [6.07, 6.45) is 2.61. The number of alkyl halides is 2. The van der Waals surface area contributed by atoms with Crippen LogP contribution < -0.4 is 0 Å². The molecule has 126 valence electrons. The molecule has 0 spiro atoms. The normalized spacial score (nSPS) is 41.3. The summed E-state index contributed by atoms with van der Waals surface area (Å²) in [5.41, 5.74) is -1.16. The Morgan fingerprint density at radius 1 is 1.27 bits per heavy atom. The lowest BCUT2D eigenvalue weighted by Crippen LogP contribution is -2.47. The van der Waals surface area contributed by atoms with Crippen molar-refractivity contribution in [3.05, 3.63) is 0 Å². The highest BCUT2D eigenvalue weighted by Gasteiger charge is 2.60.